The van der Waals surface area contributed by atoms with Gasteiger partial charge in [-0.25, -0.2) is 4.98 Å². The molecule has 0 aliphatic rings. The van der Waals surface area contributed by atoms with Crippen molar-refractivity contribution in [3.63, 3.8) is 0 Å². The third-order valence-electron chi connectivity index (χ3n) is 1.57. The van der Waals surface area contributed by atoms with Crippen LogP contribution in [0.5, 0.6) is 6.01 Å². The van der Waals surface area contributed by atoms with E-state index in [-0.39, 0.29) is 12.0 Å². The molecule has 8 heteroatoms. The molecule has 0 unspecified atom stereocenters. The number of aromatic nitrogens is 4. The second-order valence-electron chi connectivity index (χ2n) is 2.82. The van der Waals surface area contributed by atoms with E-state index >= 15 is 0 Å². The molecule has 0 aromatic carbocycles. The topological polar surface area (TPSA) is 86.8 Å². The first-order chi connectivity index (χ1) is 7.67. The molecule has 2 aromatic rings. The van der Waals surface area contributed by atoms with Gasteiger partial charge in [-0.1, -0.05) is 0 Å². The van der Waals surface area contributed by atoms with E-state index in [9.17, 15) is 0 Å². The molecule has 0 aliphatic carbocycles. The summed E-state index contributed by atoms with van der Waals surface area (Å²) in [6, 6.07) is 0.211. The van der Waals surface area contributed by atoms with Crippen molar-refractivity contribution in [2.75, 3.05) is 12.8 Å². The molecule has 0 spiro atoms. The second kappa shape index (κ2) is 4.62. The molecule has 2 N–H and O–H groups in total. The maximum atomic E-state index is 5.52. The Morgan fingerprint density at radius 2 is 2.12 bits per heavy atom. The predicted octanol–water partition coefficient (Wildman–Crippen LogP) is 1.38. The lowest BCUT2D eigenvalue weighted by molar-refractivity contribution is 0.374. The summed E-state index contributed by atoms with van der Waals surface area (Å²) in [6.45, 7) is 1.93. The Morgan fingerprint density at radius 3 is 2.75 bits per heavy atom. The highest BCUT2D eigenvalue weighted by Gasteiger charge is 2.08. The number of nitrogen functional groups attached to an aromatic ring is 1. The molecular weight excluding hydrogens is 246 g/mol. The summed E-state index contributed by atoms with van der Waals surface area (Å²) in [4.78, 5) is 16.1. The van der Waals surface area contributed by atoms with Gasteiger partial charge < -0.3 is 10.5 Å². The molecule has 0 aliphatic heterocycles. The maximum Gasteiger partial charge on any atom is 0.321 e. The van der Waals surface area contributed by atoms with Crippen molar-refractivity contribution in [1.82, 2.24) is 19.9 Å². The summed E-state index contributed by atoms with van der Waals surface area (Å²) >= 11 is 2.87. The number of thiazole rings is 1. The van der Waals surface area contributed by atoms with Gasteiger partial charge in [-0.05, 0) is 18.7 Å². The summed E-state index contributed by atoms with van der Waals surface area (Å²) < 4.78 is 5.77. The van der Waals surface area contributed by atoms with Crippen molar-refractivity contribution in [3.05, 3.63) is 11.1 Å². The monoisotopic (exact) mass is 255 g/mol. The Hall–Kier alpha value is -1.41. The van der Waals surface area contributed by atoms with Crippen molar-refractivity contribution in [1.29, 1.82) is 0 Å². The van der Waals surface area contributed by atoms with E-state index in [4.69, 9.17) is 10.5 Å². The van der Waals surface area contributed by atoms with Crippen LogP contribution in [0.1, 0.15) is 5.69 Å². The number of nitrogens with zero attached hydrogens (tertiary/aromatic N) is 4. The minimum Gasteiger partial charge on any atom is -0.467 e. The zero-order valence-electron chi connectivity index (χ0n) is 8.67. The van der Waals surface area contributed by atoms with Crippen LogP contribution < -0.4 is 10.5 Å². The smallest absolute Gasteiger partial charge is 0.321 e. The SMILES string of the molecule is COc1nc(N)nc(Sc2nc(C)cs2)n1. The normalized spacial score (nSPS) is 10.4. The molecule has 84 valence electrons. The van der Waals surface area contributed by atoms with Crippen LogP contribution in [-0.4, -0.2) is 27.0 Å². The predicted molar refractivity (Wildman–Crippen MR) is 61.8 cm³/mol. The van der Waals surface area contributed by atoms with E-state index in [0.717, 1.165) is 10.0 Å². The maximum absolute atomic E-state index is 5.52. The number of hydrogen-bond donors (Lipinski definition) is 1. The third-order valence-corrected chi connectivity index (χ3v) is 3.49. The van der Waals surface area contributed by atoms with Crippen LogP contribution >= 0.6 is 23.1 Å². The van der Waals surface area contributed by atoms with Crippen molar-refractivity contribution in [3.8, 4) is 6.01 Å². The van der Waals surface area contributed by atoms with E-state index in [1.54, 1.807) is 0 Å². The van der Waals surface area contributed by atoms with Gasteiger partial charge in [0, 0.05) is 11.1 Å². The lowest BCUT2D eigenvalue weighted by Gasteiger charge is -2.00. The van der Waals surface area contributed by atoms with Crippen LogP contribution in [0.15, 0.2) is 14.9 Å². The fraction of sp³-hybridized carbons (Fsp3) is 0.250. The number of ether oxygens (including phenoxy) is 1. The second-order valence-corrected chi connectivity index (χ2v) is 4.89. The molecule has 0 amide bonds. The van der Waals surface area contributed by atoms with Crippen LogP contribution in [0.2, 0.25) is 0 Å². The van der Waals surface area contributed by atoms with Crippen molar-refractivity contribution in [2.24, 2.45) is 0 Å². The van der Waals surface area contributed by atoms with Crippen LogP contribution in [0.25, 0.3) is 0 Å². The first-order valence-electron chi connectivity index (χ1n) is 4.33. The van der Waals surface area contributed by atoms with Gasteiger partial charge in [0.05, 0.1) is 7.11 Å². The number of aryl methyl sites for hydroxylation is 1. The van der Waals surface area contributed by atoms with E-state index in [1.165, 1.54) is 30.2 Å². The van der Waals surface area contributed by atoms with E-state index < -0.39 is 0 Å². The van der Waals surface area contributed by atoms with Crippen LogP contribution in [0, 0.1) is 6.92 Å². The third kappa shape index (κ3) is 2.58. The van der Waals surface area contributed by atoms with Crippen molar-refractivity contribution >= 4 is 29.0 Å². The van der Waals surface area contributed by atoms with E-state index in [0.29, 0.717) is 5.16 Å². The minimum atomic E-state index is 0.141. The molecule has 2 aromatic heterocycles. The standard InChI is InChI=1S/C8H9N5OS2/c1-4-3-15-8(10-4)16-7-12-5(9)11-6(13-7)14-2/h3H,1-2H3,(H2,9,11,12,13). The summed E-state index contributed by atoms with van der Waals surface area (Å²) in [5.41, 5.74) is 6.49. The quantitative estimate of drug-likeness (QED) is 0.886. The number of nitrogens with two attached hydrogens (primary N) is 1. The molecule has 0 fully saturated rings. The summed E-state index contributed by atoms with van der Waals surface area (Å²) in [5.74, 6) is 0.141. The Bertz CT molecular complexity index is 501. The van der Waals surface area contributed by atoms with Gasteiger partial charge in [-0.2, -0.15) is 15.0 Å². The van der Waals surface area contributed by atoms with Gasteiger partial charge in [0.15, 0.2) is 4.34 Å². The zero-order chi connectivity index (χ0) is 11.5. The number of hydrogen-bond acceptors (Lipinski definition) is 8. The lowest BCUT2D eigenvalue weighted by atomic mass is 10.6. The van der Waals surface area contributed by atoms with Crippen molar-refractivity contribution < 1.29 is 4.74 Å². The highest BCUT2D eigenvalue weighted by atomic mass is 32.2. The molecule has 2 rings (SSSR count). The molecule has 6 nitrogen and oxygen atoms in total. The molecule has 16 heavy (non-hydrogen) atoms. The molecule has 0 saturated heterocycles. The van der Waals surface area contributed by atoms with Gasteiger partial charge in [0.2, 0.25) is 11.1 Å². The first kappa shape index (κ1) is 11.1. The molecule has 0 radical (unpaired) electrons. The largest absolute Gasteiger partial charge is 0.467 e. The molecule has 0 saturated carbocycles. The van der Waals surface area contributed by atoms with Crippen molar-refractivity contribution in [2.45, 2.75) is 16.4 Å². The van der Waals surface area contributed by atoms with Gasteiger partial charge in [0.25, 0.3) is 0 Å². The molecular formula is C8H9N5OS2. The van der Waals surface area contributed by atoms with Crippen LogP contribution in [-0.2, 0) is 0 Å². The molecule has 0 atom stereocenters. The van der Waals surface area contributed by atoms with Crippen LogP contribution in [0.3, 0.4) is 0 Å². The van der Waals surface area contributed by atoms with Gasteiger partial charge >= 0.3 is 6.01 Å². The highest BCUT2D eigenvalue weighted by molar-refractivity contribution is 8.00. The van der Waals surface area contributed by atoms with E-state index in [2.05, 4.69) is 19.9 Å². The number of methoxy groups -OCH3 is 1. The van der Waals surface area contributed by atoms with E-state index in [1.807, 2.05) is 12.3 Å². The zero-order valence-corrected chi connectivity index (χ0v) is 10.3. The van der Waals surface area contributed by atoms with Gasteiger partial charge in [0.1, 0.15) is 0 Å². The summed E-state index contributed by atoms with van der Waals surface area (Å²) in [5, 5.41) is 2.45. The Labute approximate surface area is 100 Å². The number of rotatable bonds is 3. The highest BCUT2D eigenvalue weighted by Crippen LogP contribution is 2.28. The average molecular weight is 255 g/mol. The Morgan fingerprint density at radius 1 is 1.31 bits per heavy atom. The van der Waals surface area contributed by atoms with Crippen LogP contribution in [0.4, 0.5) is 5.95 Å². The summed E-state index contributed by atoms with van der Waals surface area (Å²) in [7, 11) is 1.48. The molecule has 2 heterocycles. The number of anilines is 1. The Kier molecular flexibility index (Phi) is 3.20. The Balaban J connectivity index is 2.24. The fourth-order valence-corrected chi connectivity index (χ4v) is 2.64. The molecule has 0 bridgehead atoms. The summed E-state index contributed by atoms with van der Waals surface area (Å²) in [6.07, 6.45) is 0. The fourth-order valence-electron chi connectivity index (χ4n) is 0.947. The van der Waals surface area contributed by atoms with Gasteiger partial charge in [-0.15, -0.1) is 11.3 Å². The first-order valence-corrected chi connectivity index (χ1v) is 6.02. The average Bonchev–Trinajstić information content (AvgIpc) is 2.63. The lowest BCUT2D eigenvalue weighted by Crippen LogP contribution is -2.01. The minimum absolute atomic E-state index is 0.141. The van der Waals surface area contributed by atoms with Gasteiger partial charge in [-0.3, -0.25) is 0 Å².